The fourth-order valence-electron chi connectivity index (χ4n) is 1.77. The third-order valence-electron chi connectivity index (χ3n) is 2.98. The SMILES string of the molecule is CC1NCCN(C(=O)CSC(C)(C)C)C1C. The highest BCUT2D eigenvalue weighted by Crippen LogP contribution is 2.24. The number of thioether (sulfide) groups is 1. The van der Waals surface area contributed by atoms with E-state index in [1.54, 1.807) is 11.8 Å². The molecule has 2 unspecified atom stereocenters. The highest BCUT2D eigenvalue weighted by atomic mass is 32.2. The first-order valence-electron chi connectivity index (χ1n) is 5.98. The van der Waals surface area contributed by atoms with Gasteiger partial charge < -0.3 is 10.2 Å². The molecule has 0 saturated carbocycles. The van der Waals surface area contributed by atoms with Crippen LogP contribution in [0.25, 0.3) is 0 Å². The maximum absolute atomic E-state index is 12.1. The third-order valence-corrected chi connectivity index (χ3v) is 4.24. The van der Waals surface area contributed by atoms with Crippen molar-refractivity contribution >= 4 is 17.7 Å². The van der Waals surface area contributed by atoms with Crippen LogP contribution in [0.2, 0.25) is 0 Å². The summed E-state index contributed by atoms with van der Waals surface area (Å²) in [6.45, 7) is 12.5. The number of hydrogen-bond acceptors (Lipinski definition) is 3. The Morgan fingerprint density at radius 1 is 1.44 bits per heavy atom. The van der Waals surface area contributed by atoms with Crippen LogP contribution in [0.5, 0.6) is 0 Å². The van der Waals surface area contributed by atoms with Crippen molar-refractivity contribution in [1.82, 2.24) is 10.2 Å². The minimum Gasteiger partial charge on any atom is -0.336 e. The van der Waals surface area contributed by atoms with E-state index >= 15 is 0 Å². The Morgan fingerprint density at radius 2 is 2.06 bits per heavy atom. The Hall–Kier alpha value is -0.220. The van der Waals surface area contributed by atoms with Gasteiger partial charge in [-0.15, -0.1) is 11.8 Å². The lowest BCUT2D eigenvalue weighted by Crippen LogP contribution is -2.57. The van der Waals surface area contributed by atoms with Crippen molar-refractivity contribution in [2.24, 2.45) is 0 Å². The molecule has 1 aliphatic rings. The fourth-order valence-corrected chi connectivity index (χ4v) is 2.49. The molecule has 1 N–H and O–H groups in total. The van der Waals surface area contributed by atoms with Crippen molar-refractivity contribution in [2.75, 3.05) is 18.8 Å². The Labute approximate surface area is 103 Å². The molecule has 16 heavy (non-hydrogen) atoms. The van der Waals surface area contributed by atoms with Gasteiger partial charge in [-0.3, -0.25) is 4.79 Å². The van der Waals surface area contributed by atoms with Gasteiger partial charge in [-0.05, 0) is 13.8 Å². The van der Waals surface area contributed by atoms with E-state index in [0.717, 1.165) is 13.1 Å². The summed E-state index contributed by atoms with van der Waals surface area (Å²) in [4.78, 5) is 14.1. The van der Waals surface area contributed by atoms with Crippen LogP contribution in [0.4, 0.5) is 0 Å². The molecule has 1 saturated heterocycles. The molecule has 0 aromatic rings. The van der Waals surface area contributed by atoms with Crippen molar-refractivity contribution < 1.29 is 4.79 Å². The molecule has 0 spiro atoms. The molecule has 3 nitrogen and oxygen atoms in total. The molecule has 0 aromatic carbocycles. The molecule has 2 atom stereocenters. The summed E-state index contributed by atoms with van der Waals surface area (Å²) in [6.07, 6.45) is 0. The van der Waals surface area contributed by atoms with Gasteiger partial charge in [-0.2, -0.15) is 0 Å². The minimum atomic E-state index is 0.165. The van der Waals surface area contributed by atoms with Crippen molar-refractivity contribution in [3.63, 3.8) is 0 Å². The molecular formula is C12H24N2OS. The largest absolute Gasteiger partial charge is 0.336 e. The highest BCUT2D eigenvalue weighted by molar-refractivity contribution is 8.01. The zero-order valence-electron chi connectivity index (χ0n) is 11.0. The van der Waals surface area contributed by atoms with E-state index in [0.29, 0.717) is 17.8 Å². The standard InChI is InChI=1S/C12H24N2OS/c1-9-10(2)14(7-6-13-9)11(15)8-16-12(3,4)5/h9-10,13H,6-8H2,1-5H3. The topological polar surface area (TPSA) is 32.3 Å². The number of amides is 1. The molecule has 1 fully saturated rings. The smallest absolute Gasteiger partial charge is 0.232 e. The minimum absolute atomic E-state index is 0.165. The van der Waals surface area contributed by atoms with Crippen LogP contribution in [0.3, 0.4) is 0 Å². The molecule has 0 radical (unpaired) electrons. The molecular weight excluding hydrogens is 220 g/mol. The van der Waals surface area contributed by atoms with Crippen LogP contribution in [0.1, 0.15) is 34.6 Å². The third kappa shape index (κ3) is 3.98. The Morgan fingerprint density at radius 3 is 2.62 bits per heavy atom. The molecule has 1 heterocycles. The van der Waals surface area contributed by atoms with E-state index in [2.05, 4.69) is 39.9 Å². The average Bonchev–Trinajstić information content (AvgIpc) is 2.17. The lowest BCUT2D eigenvalue weighted by Gasteiger charge is -2.39. The van der Waals surface area contributed by atoms with Gasteiger partial charge in [-0.25, -0.2) is 0 Å². The predicted octanol–water partition coefficient (Wildman–Crippen LogP) is 1.73. The number of rotatable bonds is 2. The van der Waals surface area contributed by atoms with Crippen molar-refractivity contribution in [3.05, 3.63) is 0 Å². The van der Waals surface area contributed by atoms with Gasteiger partial charge in [0.05, 0.1) is 5.75 Å². The van der Waals surface area contributed by atoms with Gasteiger partial charge in [0.2, 0.25) is 5.91 Å². The van der Waals surface area contributed by atoms with Crippen molar-refractivity contribution in [1.29, 1.82) is 0 Å². The van der Waals surface area contributed by atoms with E-state index < -0.39 is 0 Å². The Kier molecular flexibility index (Phi) is 4.68. The van der Waals surface area contributed by atoms with Gasteiger partial charge in [-0.1, -0.05) is 20.8 Å². The van der Waals surface area contributed by atoms with Gasteiger partial charge in [0.25, 0.3) is 0 Å². The van der Waals surface area contributed by atoms with E-state index in [-0.39, 0.29) is 10.7 Å². The summed E-state index contributed by atoms with van der Waals surface area (Å²) in [5.41, 5.74) is 0. The predicted molar refractivity (Wildman–Crippen MR) is 70.9 cm³/mol. The van der Waals surface area contributed by atoms with Crippen LogP contribution < -0.4 is 5.32 Å². The van der Waals surface area contributed by atoms with Gasteiger partial charge in [0.1, 0.15) is 0 Å². The molecule has 94 valence electrons. The molecule has 1 amide bonds. The first-order chi connectivity index (χ1) is 7.31. The van der Waals surface area contributed by atoms with E-state index in [1.807, 2.05) is 4.90 Å². The second-order valence-corrected chi connectivity index (χ2v) is 7.27. The summed E-state index contributed by atoms with van der Waals surface area (Å²) in [5, 5.41) is 3.39. The zero-order valence-corrected chi connectivity index (χ0v) is 11.9. The highest BCUT2D eigenvalue weighted by Gasteiger charge is 2.28. The zero-order chi connectivity index (χ0) is 12.3. The maximum atomic E-state index is 12.1. The molecule has 0 aliphatic carbocycles. The Bertz CT molecular complexity index is 250. The summed E-state index contributed by atoms with van der Waals surface area (Å²) in [6, 6.07) is 0.708. The average molecular weight is 244 g/mol. The molecule has 1 aliphatic heterocycles. The normalized spacial score (nSPS) is 26.9. The Balaban J connectivity index is 2.47. The summed E-state index contributed by atoms with van der Waals surface area (Å²) < 4.78 is 0.165. The van der Waals surface area contributed by atoms with Crippen LogP contribution in [0, 0.1) is 0 Å². The molecule has 0 bridgehead atoms. The van der Waals surface area contributed by atoms with Gasteiger partial charge in [0, 0.05) is 29.9 Å². The van der Waals surface area contributed by atoms with Crippen LogP contribution in [-0.4, -0.2) is 46.5 Å². The maximum Gasteiger partial charge on any atom is 0.232 e. The van der Waals surface area contributed by atoms with Gasteiger partial charge in [0.15, 0.2) is 0 Å². The number of piperazine rings is 1. The second kappa shape index (κ2) is 5.41. The summed E-state index contributed by atoms with van der Waals surface area (Å²) in [5.74, 6) is 0.876. The first-order valence-corrected chi connectivity index (χ1v) is 6.96. The quantitative estimate of drug-likeness (QED) is 0.803. The first kappa shape index (κ1) is 13.8. The van der Waals surface area contributed by atoms with E-state index in [4.69, 9.17) is 0 Å². The summed E-state index contributed by atoms with van der Waals surface area (Å²) in [7, 11) is 0. The van der Waals surface area contributed by atoms with E-state index in [1.165, 1.54) is 0 Å². The molecule has 0 aromatic heterocycles. The van der Waals surface area contributed by atoms with E-state index in [9.17, 15) is 4.79 Å². The molecule has 4 heteroatoms. The van der Waals surface area contributed by atoms with Crippen LogP contribution in [-0.2, 0) is 4.79 Å². The fraction of sp³-hybridized carbons (Fsp3) is 0.917. The number of carbonyl (C=O) groups excluding carboxylic acids is 1. The number of nitrogens with one attached hydrogen (secondary N) is 1. The van der Waals surface area contributed by atoms with Crippen LogP contribution >= 0.6 is 11.8 Å². The number of hydrogen-bond donors (Lipinski definition) is 1. The lowest BCUT2D eigenvalue weighted by atomic mass is 10.1. The molecule has 1 rings (SSSR count). The monoisotopic (exact) mass is 244 g/mol. The number of nitrogens with zero attached hydrogens (tertiary/aromatic N) is 1. The van der Waals surface area contributed by atoms with Gasteiger partial charge >= 0.3 is 0 Å². The number of carbonyl (C=O) groups is 1. The van der Waals surface area contributed by atoms with Crippen molar-refractivity contribution in [2.45, 2.75) is 51.4 Å². The summed E-state index contributed by atoms with van der Waals surface area (Å²) >= 11 is 1.73. The lowest BCUT2D eigenvalue weighted by molar-refractivity contribution is -0.131. The van der Waals surface area contributed by atoms with Crippen molar-refractivity contribution in [3.8, 4) is 0 Å². The van der Waals surface area contributed by atoms with Crippen LogP contribution in [0.15, 0.2) is 0 Å². The second-order valence-electron chi connectivity index (χ2n) is 5.47.